The number of halogens is 1. The molecule has 0 atom stereocenters. The fraction of sp³-hybridized carbons (Fsp3) is 0.333. The lowest BCUT2D eigenvalue weighted by Gasteiger charge is -2.04. The summed E-state index contributed by atoms with van der Waals surface area (Å²) in [6, 6.07) is 4.06. The molecule has 2 heterocycles. The Hall–Kier alpha value is -1.11. The van der Waals surface area contributed by atoms with Gasteiger partial charge in [0.25, 0.3) is 0 Å². The Bertz CT molecular complexity index is 464. The van der Waals surface area contributed by atoms with Crippen molar-refractivity contribution < 1.29 is 0 Å². The predicted molar refractivity (Wildman–Crippen MR) is 77.0 cm³/mol. The van der Waals surface area contributed by atoms with Crippen LogP contribution in [0.5, 0.6) is 0 Å². The first-order valence-corrected chi connectivity index (χ1v) is 6.65. The molecule has 0 radical (unpaired) electrons. The minimum absolute atomic E-state index is 0.933. The fourth-order valence-corrected chi connectivity index (χ4v) is 1.91. The first-order valence-electron chi connectivity index (χ1n) is 5.57. The number of nitrogens with zero attached hydrogens (tertiary/aromatic N) is 3. The zero-order valence-electron chi connectivity index (χ0n) is 9.73. The van der Waals surface area contributed by atoms with E-state index in [1.54, 1.807) is 0 Å². The zero-order valence-corrected chi connectivity index (χ0v) is 11.9. The minimum Gasteiger partial charge on any atom is -0.370 e. The lowest BCUT2D eigenvalue weighted by Crippen LogP contribution is -2.04. The van der Waals surface area contributed by atoms with Gasteiger partial charge in [-0.1, -0.05) is 0 Å². The van der Waals surface area contributed by atoms with Gasteiger partial charge < -0.3 is 5.32 Å². The van der Waals surface area contributed by atoms with Gasteiger partial charge in [-0.3, -0.25) is 4.68 Å². The largest absolute Gasteiger partial charge is 0.370 e. The molecule has 0 saturated carbocycles. The SMILES string of the molecule is Cn1cc(CCCNc2ccc(I)cn2)cn1. The van der Waals surface area contributed by atoms with Crippen LogP contribution >= 0.6 is 22.6 Å². The van der Waals surface area contributed by atoms with E-state index >= 15 is 0 Å². The minimum atomic E-state index is 0.933. The fourth-order valence-electron chi connectivity index (χ4n) is 1.59. The second kappa shape index (κ2) is 6.00. The highest BCUT2D eigenvalue weighted by molar-refractivity contribution is 14.1. The average molecular weight is 342 g/mol. The Labute approximate surface area is 115 Å². The quantitative estimate of drug-likeness (QED) is 0.671. The van der Waals surface area contributed by atoms with E-state index in [1.807, 2.05) is 30.2 Å². The Kier molecular flexibility index (Phi) is 4.36. The van der Waals surface area contributed by atoms with Gasteiger partial charge >= 0.3 is 0 Å². The van der Waals surface area contributed by atoms with Crippen molar-refractivity contribution in [2.45, 2.75) is 12.8 Å². The van der Waals surface area contributed by atoms with Crippen molar-refractivity contribution in [2.75, 3.05) is 11.9 Å². The van der Waals surface area contributed by atoms with Crippen LogP contribution in [0.25, 0.3) is 0 Å². The second-order valence-electron chi connectivity index (χ2n) is 3.91. The third-order valence-corrected chi connectivity index (χ3v) is 3.07. The van der Waals surface area contributed by atoms with Crippen LogP contribution in [0.4, 0.5) is 5.82 Å². The van der Waals surface area contributed by atoms with Crippen molar-refractivity contribution in [3.63, 3.8) is 0 Å². The van der Waals surface area contributed by atoms with E-state index in [4.69, 9.17) is 0 Å². The standard InChI is InChI=1S/C12H15IN4/c1-17-9-10(7-16-17)3-2-6-14-12-5-4-11(13)8-15-12/h4-5,7-9H,2-3,6H2,1H3,(H,14,15). The molecule has 5 heteroatoms. The summed E-state index contributed by atoms with van der Waals surface area (Å²) in [7, 11) is 1.94. The van der Waals surface area contributed by atoms with Crippen LogP contribution in [0.2, 0.25) is 0 Å². The Balaban J connectivity index is 1.71. The molecular weight excluding hydrogens is 327 g/mol. The molecule has 0 fully saturated rings. The summed E-state index contributed by atoms with van der Waals surface area (Å²) in [6.45, 7) is 0.933. The molecule has 0 saturated heterocycles. The summed E-state index contributed by atoms with van der Waals surface area (Å²) in [5, 5.41) is 7.45. The van der Waals surface area contributed by atoms with Gasteiger partial charge in [-0.25, -0.2) is 4.98 Å². The smallest absolute Gasteiger partial charge is 0.125 e. The van der Waals surface area contributed by atoms with E-state index in [2.05, 4.69) is 50.3 Å². The van der Waals surface area contributed by atoms with E-state index in [1.165, 1.54) is 5.56 Å². The van der Waals surface area contributed by atoms with Crippen molar-refractivity contribution in [1.29, 1.82) is 0 Å². The van der Waals surface area contributed by atoms with Crippen molar-refractivity contribution in [3.05, 3.63) is 39.9 Å². The monoisotopic (exact) mass is 342 g/mol. The molecule has 1 N–H and O–H groups in total. The maximum absolute atomic E-state index is 4.29. The van der Waals surface area contributed by atoms with Crippen molar-refractivity contribution >= 4 is 28.4 Å². The number of anilines is 1. The molecule has 0 aliphatic rings. The average Bonchev–Trinajstić information content (AvgIpc) is 2.73. The lowest BCUT2D eigenvalue weighted by molar-refractivity contribution is 0.765. The molecule has 90 valence electrons. The highest BCUT2D eigenvalue weighted by Crippen LogP contribution is 2.07. The number of aryl methyl sites for hydroxylation is 2. The molecule has 0 spiro atoms. The first-order chi connectivity index (χ1) is 8.24. The van der Waals surface area contributed by atoms with Gasteiger partial charge in [-0.05, 0) is 53.1 Å². The molecule has 2 aromatic heterocycles. The van der Waals surface area contributed by atoms with Crippen LogP contribution in [0, 0.1) is 3.57 Å². The van der Waals surface area contributed by atoms with Crippen LogP contribution in [0.3, 0.4) is 0 Å². The van der Waals surface area contributed by atoms with Gasteiger partial charge in [-0.15, -0.1) is 0 Å². The summed E-state index contributed by atoms with van der Waals surface area (Å²) >= 11 is 2.25. The number of hydrogen-bond acceptors (Lipinski definition) is 3. The number of aromatic nitrogens is 3. The summed E-state index contributed by atoms with van der Waals surface area (Å²) in [6.07, 6.45) is 7.97. The third-order valence-electron chi connectivity index (χ3n) is 2.43. The Morgan fingerprint density at radius 1 is 1.35 bits per heavy atom. The highest BCUT2D eigenvalue weighted by atomic mass is 127. The van der Waals surface area contributed by atoms with Gasteiger partial charge in [0.1, 0.15) is 5.82 Å². The molecule has 0 amide bonds. The number of rotatable bonds is 5. The number of pyridine rings is 1. The van der Waals surface area contributed by atoms with Crippen LogP contribution in [0.15, 0.2) is 30.7 Å². The van der Waals surface area contributed by atoms with Gasteiger partial charge in [-0.2, -0.15) is 5.10 Å². The second-order valence-corrected chi connectivity index (χ2v) is 5.16. The maximum atomic E-state index is 4.29. The molecule has 17 heavy (non-hydrogen) atoms. The van der Waals surface area contributed by atoms with Gasteiger partial charge in [0, 0.05) is 29.6 Å². The Morgan fingerprint density at radius 3 is 2.88 bits per heavy atom. The van der Waals surface area contributed by atoms with Crippen molar-refractivity contribution in [1.82, 2.24) is 14.8 Å². The van der Waals surface area contributed by atoms with Crippen molar-refractivity contribution in [3.8, 4) is 0 Å². The van der Waals surface area contributed by atoms with E-state index in [0.29, 0.717) is 0 Å². The summed E-state index contributed by atoms with van der Waals surface area (Å²) in [5.74, 6) is 0.941. The zero-order chi connectivity index (χ0) is 12.1. The van der Waals surface area contributed by atoms with E-state index in [0.717, 1.165) is 28.8 Å². The maximum Gasteiger partial charge on any atom is 0.125 e. The van der Waals surface area contributed by atoms with Crippen LogP contribution in [-0.2, 0) is 13.5 Å². The van der Waals surface area contributed by atoms with Crippen LogP contribution < -0.4 is 5.32 Å². The van der Waals surface area contributed by atoms with Gasteiger partial charge in [0.05, 0.1) is 6.20 Å². The molecule has 0 unspecified atom stereocenters. The summed E-state index contributed by atoms with van der Waals surface area (Å²) in [5.41, 5.74) is 1.28. The molecular formula is C12H15IN4. The number of nitrogens with one attached hydrogen (secondary N) is 1. The predicted octanol–water partition coefficient (Wildman–Crippen LogP) is 2.46. The number of hydrogen-bond donors (Lipinski definition) is 1. The van der Waals surface area contributed by atoms with Crippen molar-refractivity contribution in [2.24, 2.45) is 7.05 Å². The van der Waals surface area contributed by atoms with E-state index in [-0.39, 0.29) is 0 Å². The summed E-state index contributed by atoms with van der Waals surface area (Å²) < 4.78 is 2.99. The van der Waals surface area contributed by atoms with E-state index < -0.39 is 0 Å². The lowest BCUT2D eigenvalue weighted by atomic mass is 10.2. The van der Waals surface area contributed by atoms with Gasteiger partial charge in [0.2, 0.25) is 0 Å². The molecule has 2 aromatic rings. The van der Waals surface area contributed by atoms with Crippen LogP contribution in [0.1, 0.15) is 12.0 Å². The first kappa shape index (κ1) is 12.3. The molecule has 0 bridgehead atoms. The van der Waals surface area contributed by atoms with Crippen LogP contribution in [-0.4, -0.2) is 21.3 Å². The molecule has 0 aliphatic heterocycles. The third kappa shape index (κ3) is 3.99. The summed E-state index contributed by atoms with van der Waals surface area (Å²) in [4.78, 5) is 4.29. The molecule has 0 aromatic carbocycles. The van der Waals surface area contributed by atoms with Gasteiger partial charge in [0.15, 0.2) is 0 Å². The normalized spacial score (nSPS) is 10.5. The Morgan fingerprint density at radius 2 is 2.24 bits per heavy atom. The topological polar surface area (TPSA) is 42.7 Å². The molecule has 2 rings (SSSR count). The molecule has 4 nitrogen and oxygen atoms in total. The molecule has 0 aliphatic carbocycles. The van der Waals surface area contributed by atoms with E-state index in [9.17, 15) is 0 Å². The highest BCUT2D eigenvalue weighted by Gasteiger charge is 1.97.